The molecule has 0 saturated heterocycles. The van der Waals surface area contributed by atoms with Gasteiger partial charge in [-0.3, -0.25) is 18.7 Å². The summed E-state index contributed by atoms with van der Waals surface area (Å²) in [6, 6.07) is 6.63. The van der Waals surface area contributed by atoms with Crippen molar-refractivity contribution in [2.45, 2.75) is 26.6 Å². The molecule has 3 aromatic rings. The first-order chi connectivity index (χ1) is 12.0. The SMILES string of the molecule is CCn1c(=O)c2ccccc2n(CC(=O)OCc2nnsc2Cl)c1=O. The fourth-order valence-electron chi connectivity index (χ4n) is 2.41. The average molecular weight is 381 g/mol. The first kappa shape index (κ1) is 17.3. The van der Waals surface area contributed by atoms with Crippen molar-refractivity contribution in [2.24, 2.45) is 0 Å². The van der Waals surface area contributed by atoms with Crippen LogP contribution in [0.5, 0.6) is 0 Å². The van der Waals surface area contributed by atoms with Gasteiger partial charge in [-0.15, -0.1) is 5.10 Å². The van der Waals surface area contributed by atoms with Gasteiger partial charge in [-0.05, 0) is 19.1 Å². The van der Waals surface area contributed by atoms with Crippen molar-refractivity contribution in [2.75, 3.05) is 0 Å². The van der Waals surface area contributed by atoms with Crippen molar-refractivity contribution in [3.8, 4) is 0 Å². The van der Waals surface area contributed by atoms with E-state index in [1.54, 1.807) is 31.2 Å². The molecule has 0 fully saturated rings. The summed E-state index contributed by atoms with van der Waals surface area (Å²) >= 11 is 6.84. The molecule has 0 N–H and O–H groups in total. The number of rotatable bonds is 5. The molecular weight excluding hydrogens is 368 g/mol. The number of fused-ring (bicyclic) bond motifs is 1. The van der Waals surface area contributed by atoms with E-state index < -0.39 is 11.7 Å². The topological polar surface area (TPSA) is 96.1 Å². The monoisotopic (exact) mass is 380 g/mol. The van der Waals surface area contributed by atoms with Crippen molar-refractivity contribution >= 4 is 40.0 Å². The molecule has 0 atom stereocenters. The fourth-order valence-corrected chi connectivity index (χ4v) is 3.01. The number of halogens is 1. The highest BCUT2D eigenvalue weighted by Crippen LogP contribution is 2.17. The van der Waals surface area contributed by atoms with Crippen LogP contribution in [0.25, 0.3) is 10.9 Å². The number of ether oxygens (including phenoxy) is 1. The number of benzene rings is 1. The molecule has 2 heterocycles. The molecule has 0 saturated carbocycles. The van der Waals surface area contributed by atoms with E-state index in [1.165, 1.54) is 4.57 Å². The molecule has 8 nitrogen and oxygen atoms in total. The molecule has 0 bridgehead atoms. The van der Waals surface area contributed by atoms with Gasteiger partial charge in [-0.2, -0.15) is 0 Å². The van der Waals surface area contributed by atoms with Gasteiger partial charge in [0.15, 0.2) is 0 Å². The molecular formula is C15H13ClN4O4S. The summed E-state index contributed by atoms with van der Waals surface area (Å²) < 4.78 is 11.4. The number of hydrogen-bond acceptors (Lipinski definition) is 7. The summed E-state index contributed by atoms with van der Waals surface area (Å²) in [6.45, 7) is 1.44. The normalized spacial score (nSPS) is 11.0. The fraction of sp³-hybridized carbons (Fsp3) is 0.267. The van der Waals surface area contributed by atoms with Gasteiger partial charge in [0.1, 0.15) is 23.2 Å². The van der Waals surface area contributed by atoms with Crippen LogP contribution >= 0.6 is 23.1 Å². The number of carbonyl (C=O) groups is 1. The lowest BCUT2D eigenvalue weighted by Gasteiger charge is -2.12. The van der Waals surface area contributed by atoms with Crippen LogP contribution < -0.4 is 11.2 Å². The van der Waals surface area contributed by atoms with Gasteiger partial charge in [0, 0.05) is 18.1 Å². The molecule has 0 aliphatic rings. The molecule has 0 amide bonds. The third kappa shape index (κ3) is 3.33. The highest BCUT2D eigenvalue weighted by atomic mass is 35.5. The molecule has 25 heavy (non-hydrogen) atoms. The van der Waals surface area contributed by atoms with Crippen molar-refractivity contribution in [1.82, 2.24) is 18.7 Å². The lowest BCUT2D eigenvalue weighted by atomic mass is 10.2. The largest absolute Gasteiger partial charge is 0.458 e. The summed E-state index contributed by atoms with van der Waals surface area (Å²) in [5, 5.41) is 4.11. The van der Waals surface area contributed by atoms with E-state index in [1.807, 2.05) is 0 Å². The summed E-state index contributed by atoms with van der Waals surface area (Å²) in [6.07, 6.45) is 0. The third-order valence-corrected chi connectivity index (χ3v) is 4.60. The Balaban J connectivity index is 1.93. The first-order valence-corrected chi connectivity index (χ1v) is 8.52. The Bertz CT molecular complexity index is 1060. The Labute approximate surface area is 150 Å². The highest BCUT2D eigenvalue weighted by Gasteiger charge is 2.16. The van der Waals surface area contributed by atoms with Gasteiger partial charge >= 0.3 is 11.7 Å². The minimum absolute atomic E-state index is 0.131. The van der Waals surface area contributed by atoms with E-state index >= 15 is 0 Å². The molecule has 2 aromatic heterocycles. The van der Waals surface area contributed by atoms with Crippen LogP contribution in [0.1, 0.15) is 12.6 Å². The van der Waals surface area contributed by atoms with E-state index in [9.17, 15) is 14.4 Å². The molecule has 0 unspecified atom stereocenters. The highest BCUT2D eigenvalue weighted by molar-refractivity contribution is 7.10. The molecule has 10 heteroatoms. The predicted molar refractivity (Wildman–Crippen MR) is 92.9 cm³/mol. The van der Waals surface area contributed by atoms with Crippen molar-refractivity contribution in [1.29, 1.82) is 0 Å². The van der Waals surface area contributed by atoms with Crippen molar-refractivity contribution in [3.63, 3.8) is 0 Å². The maximum Gasteiger partial charge on any atom is 0.332 e. The molecule has 0 spiro atoms. The molecule has 0 aliphatic carbocycles. The Morgan fingerprint density at radius 3 is 2.72 bits per heavy atom. The van der Waals surface area contributed by atoms with Crippen LogP contribution in [0.2, 0.25) is 4.34 Å². The number of esters is 1. The van der Waals surface area contributed by atoms with E-state index in [4.69, 9.17) is 16.3 Å². The number of para-hydroxylation sites is 1. The summed E-state index contributed by atoms with van der Waals surface area (Å²) in [5.74, 6) is -0.641. The molecule has 0 radical (unpaired) electrons. The van der Waals surface area contributed by atoms with Crippen molar-refractivity contribution < 1.29 is 9.53 Å². The van der Waals surface area contributed by atoms with Crippen LogP contribution in [0, 0.1) is 0 Å². The van der Waals surface area contributed by atoms with Crippen molar-refractivity contribution in [3.05, 3.63) is 55.1 Å². The Kier molecular flexibility index (Phi) is 4.95. The first-order valence-electron chi connectivity index (χ1n) is 7.37. The Morgan fingerprint density at radius 2 is 2.04 bits per heavy atom. The van der Waals surface area contributed by atoms with Gasteiger partial charge in [0.25, 0.3) is 5.56 Å². The summed E-state index contributed by atoms with van der Waals surface area (Å²) in [5.41, 5.74) is -0.201. The number of hydrogen-bond donors (Lipinski definition) is 0. The van der Waals surface area contributed by atoms with Gasteiger partial charge in [0.05, 0.1) is 10.9 Å². The maximum atomic E-state index is 12.5. The van der Waals surface area contributed by atoms with E-state index in [0.29, 0.717) is 20.9 Å². The number of aromatic nitrogens is 4. The second-order valence-corrected chi connectivity index (χ2v) is 6.45. The average Bonchev–Trinajstić information content (AvgIpc) is 3.02. The maximum absolute atomic E-state index is 12.5. The minimum Gasteiger partial charge on any atom is -0.458 e. The zero-order chi connectivity index (χ0) is 18.0. The zero-order valence-corrected chi connectivity index (χ0v) is 14.7. The smallest absolute Gasteiger partial charge is 0.332 e. The van der Waals surface area contributed by atoms with Crippen LogP contribution in [0.15, 0.2) is 33.9 Å². The molecule has 130 valence electrons. The second-order valence-electron chi connectivity index (χ2n) is 5.09. The molecule has 3 rings (SSSR count). The second kappa shape index (κ2) is 7.16. The van der Waals surface area contributed by atoms with Gasteiger partial charge in [0.2, 0.25) is 0 Å². The van der Waals surface area contributed by atoms with E-state index in [0.717, 1.165) is 16.1 Å². The Hall–Kier alpha value is -2.52. The van der Waals surface area contributed by atoms with Gasteiger partial charge in [-0.1, -0.05) is 28.2 Å². The Morgan fingerprint density at radius 1 is 1.28 bits per heavy atom. The van der Waals surface area contributed by atoms with Crippen LogP contribution in [-0.4, -0.2) is 24.7 Å². The summed E-state index contributed by atoms with van der Waals surface area (Å²) in [7, 11) is 0. The van der Waals surface area contributed by atoms with Crippen LogP contribution in [0.3, 0.4) is 0 Å². The van der Waals surface area contributed by atoms with Crippen LogP contribution in [-0.2, 0) is 29.2 Å². The predicted octanol–water partition coefficient (Wildman–Crippen LogP) is 1.43. The van der Waals surface area contributed by atoms with E-state index in [2.05, 4.69) is 9.59 Å². The molecule has 1 aromatic carbocycles. The zero-order valence-electron chi connectivity index (χ0n) is 13.1. The lowest BCUT2D eigenvalue weighted by Crippen LogP contribution is -2.40. The van der Waals surface area contributed by atoms with E-state index in [-0.39, 0.29) is 25.3 Å². The van der Waals surface area contributed by atoms with Gasteiger partial charge < -0.3 is 4.74 Å². The third-order valence-electron chi connectivity index (χ3n) is 3.61. The number of carbonyl (C=O) groups excluding carboxylic acids is 1. The quantitative estimate of drug-likeness (QED) is 0.621. The lowest BCUT2D eigenvalue weighted by molar-refractivity contribution is -0.145. The van der Waals surface area contributed by atoms with Crippen LogP contribution in [0.4, 0.5) is 0 Å². The number of nitrogens with zero attached hydrogens (tertiary/aromatic N) is 4. The minimum atomic E-state index is -0.641. The van der Waals surface area contributed by atoms with Gasteiger partial charge in [-0.25, -0.2) is 4.79 Å². The molecule has 0 aliphatic heterocycles. The summed E-state index contributed by atoms with van der Waals surface area (Å²) in [4.78, 5) is 37.0. The standard InChI is InChI=1S/C15H13ClN4O4S/c1-2-19-14(22)9-5-3-4-6-11(9)20(15(19)23)7-12(21)24-8-10-13(16)25-18-17-10/h3-6H,2,7-8H2,1H3.